The van der Waals surface area contributed by atoms with Gasteiger partial charge in [-0.15, -0.1) is 0 Å². The van der Waals surface area contributed by atoms with Crippen molar-refractivity contribution in [2.75, 3.05) is 0 Å². The van der Waals surface area contributed by atoms with E-state index >= 15 is 0 Å². The van der Waals surface area contributed by atoms with E-state index in [2.05, 4.69) is 73.5 Å². The van der Waals surface area contributed by atoms with Gasteiger partial charge in [-0.25, -0.2) is 9.41 Å². The van der Waals surface area contributed by atoms with Crippen molar-refractivity contribution >= 4 is 27.6 Å². The van der Waals surface area contributed by atoms with E-state index < -0.39 is 0 Å². The first kappa shape index (κ1) is 21.0. The third-order valence-electron chi connectivity index (χ3n) is 6.41. The first-order valence-electron chi connectivity index (χ1n) is 11.2. The molecule has 33 heavy (non-hydrogen) atoms. The molecule has 0 atom stereocenters. The fourth-order valence-corrected chi connectivity index (χ4v) is 4.75. The number of hydrogen-bond donors (Lipinski definition) is 0. The fourth-order valence-electron chi connectivity index (χ4n) is 4.75. The lowest BCUT2D eigenvalue weighted by atomic mass is 9.80. The highest BCUT2D eigenvalue weighted by atomic mass is 16.3. The molecule has 5 rings (SSSR count). The van der Waals surface area contributed by atoms with Crippen LogP contribution >= 0.6 is 0 Å². The summed E-state index contributed by atoms with van der Waals surface area (Å²) in [7, 11) is 2.05. The molecule has 5 aromatic rings. The molecule has 2 aromatic heterocycles. The quantitative estimate of drug-likeness (QED) is 0.206. The summed E-state index contributed by atoms with van der Waals surface area (Å²) in [6, 6.07) is 22.9. The Balaban J connectivity index is 1.97. The van der Waals surface area contributed by atoms with E-state index in [1.807, 2.05) is 43.6 Å². The van der Waals surface area contributed by atoms with Gasteiger partial charge in [-0.3, -0.25) is 0 Å². The van der Waals surface area contributed by atoms with Crippen molar-refractivity contribution in [2.45, 2.75) is 33.1 Å². The zero-order valence-electron chi connectivity index (χ0n) is 19.7. The van der Waals surface area contributed by atoms with Crippen LogP contribution in [-0.2, 0) is 12.5 Å². The molecule has 0 amide bonds. The largest absolute Gasteiger partial charge is 0.466 e. The van der Waals surface area contributed by atoms with Crippen molar-refractivity contribution in [1.82, 2.24) is 0 Å². The smallest absolute Gasteiger partial charge is 0.237 e. The summed E-state index contributed by atoms with van der Waals surface area (Å²) >= 11 is 0. The number of hydrogen-bond acceptors (Lipinski definition) is 1. The highest BCUT2D eigenvalue weighted by molar-refractivity contribution is 6.15. The number of aromatic nitrogens is 1. The van der Waals surface area contributed by atoms with Crippen LogP contribution in [0.15, 0.2) is 77.3 Å². The van der Waals surface area contributed by atoms with Gasteiger partial charge in [0, 0.05) is 22.9 Å². The summed E-state index contributed by atoms with van der Waals surface area (Å²) in [6.45, 7) is 16.9. The first-order valence-corrected chi connectivity index (χ1v) is 11.2. The van der Waals surface area contributed by atoms with Gasteiger partial charge in [-0.05, 0) is 46.7 Å². The SMILES string of the molecule is [C-]#[N+]c1c(-c2ccccc2)c(C(C)(C)C)cc2c1oc1c(-c3cccc[n+]3C)c(C)ccc12. The second-order valence-electron chi connectivity index (χ2n) is 9.69. The van der Waals surface area contributed by atoms with Gasteiger partial charge in [0.05, 0.1) is 12.1 Å². The van der Waals surface area contributed by atoms with Crippen LogP contribution < -0.4 is 4.57 Å². The molecular weight excluding hydrogens is 404 g/mol. The molecule has 0 saturated carbocycles. The molecule has 0 N–H and O–H groups in total. The van der Waals surface area contributed by atoms with Gasteiger partial charge in [-0.1, -0.05) is 63.2 Å². The van der Waals surface area contributed by atoms with E-state index in [0.29, 0.717) is 11.3 Å². The topological polar surface area (TPSA) is 21.4 Å². The molecule has 0 bridgehead atoms. The number of furan rings is 1. The van der Waals surface area contributed by atoms with Crippen LogP contribution in [-0.4, -0.2) is 0 Å². The Labute approximate surface area is 194 Å². The molecule has 0 fully saturated rings. The summed E-state index contributed by atoms with van der Waals surface area (Å²) < 4.78 is 8.71. The van der Waals surface area contributed by atoms with Crippen LogP contribution in [0, 0.1) is 13.5 Å². The molecular formula is C30H27N2O+. The van der Waals surface area contributed by atoms with E-state index in [0.717, 1.165) is 49.9 Å². The summed E-state index contributed by atoms with van der Waals surface area (Å²) in [4.78, 5) is 4.04. The molecule has 2 heterocycles. The number of benzene rings is 3. The van der Waals surface area contributed by atoms with E-state index in [1.165, 1.54) is 0 Å². The normalized spacial score (nSPS) is 11.8. The van der Waals surface area contributed by atoms with Gasteiger partial charge in [-0.2, -0.15) is 0 Å². The molecule has 3 nitrogen and oxygen atoms in total. The van der Waals surface area contributed by atoms with Crippen molar-refractivity contribution in [1.29, 1.82) is 0 Å². The predicted octanol–water partition coefficient (Wildman–Crippen LogP) is 7.90. The molecule has 0 radical (unpaired) electrons. The van der Waals surface area contributed by atoms with Crippen LogP contribution in [0.4, 0.5) is 5.69 Å². The fraction of sp³-hybridized carbons (Fsp3) is 0.200. The van der Waals surface area contributed by atoms with Crippen LogP contribution in [0.2, 0.25) is 0 Å². The van der Waals surface area contributed by atoms with E-state index in [-0.39, 0.29) is 5.41 Å². The third kappa shape index (κ3) is 3.31. The van der Waals surface area contributed by atoms with Gasteiger partial charge in [0.25, 0.3) is 0 Å². The first-order chi connectivity index (χ1) is 15.8. The minimum atomic E-state index is -0.137. The lowest BCUT2D eigenvalue weighted by molar-refractivity contribution is -0.660. The monoisotopic (exact) mass is 431 g/mol. The number of fused-ring (bicyclic) bond motifs is 3. The second kappa shape index (κ2) is 7.60. The van der Waals surface area contributed by atoms with E-state index in [9.17, 15) is 0 Å². The van der Waals surface area contributed by atoms with Crippen LogP contribution in [0.1, 0.15) is 31.9 Å². The molecule has 162 valence electrons. The number of rotatable bonds is 2. The Morgan fingerprint density at radius 2 is 1.58 bits per heavy atom. The second-order valence-corrected chi connectivity index (χ2v) is 9.69. The Kier molecular flexibility index (Phi) is 4.83. The minimum absolute atomic E-state index is 0.137. The number of nitrogens with zero attached hydrogens (tertiary/aromatic N) is 2. The third-order valence-corrected chi connectivity index (χ3v) is 6.41. The van der Waals surface area contributed by atoms with Crippen molar-refractivity contribution < 1.29 is 8.98 Å². The molecule has 0 aliphatic heterocycles. The molecule has 0 aliphatic rings. The molecule has 0 unspecified atom stereocenters. The van der Waals surface area contributed by atoms with Gasteiger partial charge >= 0.3 is 0 Å². The molecule has 3 aromatic carbocycles. The maximum Gasteiger partial charge on any atom is 0.237 e. The Bertz CT molecular complexity index is 1560. The Morgan fingerprint density at radius 3 is 2.24 bits per heavy atom. The summed E-state index contributed by atoms with van der Waals surface area (Å²) in [5.74, 6) is 0. The predicted molar refractivity (Wildman–Crippen MR) is 135 cm³/mol. The van der Waals surface area contributed by atoms with E-state index in [1.54, 1.807) is 0 Å². The van der Waals surface area contributed by atoms with Crippen molar-refractivity contribution in [3.63, 3.8) is 0 Å². The number of aryl methyl sites for hydroxylation is 2. The lowest BCUT2D eigenvalue weighted by Gasteiger charge is -2.24. The van der Waals surface area contributed by atoms with Crippen LogP contribution in [0.5, 0.6) is 0 Å². The molecule has 3 heteroatoms. The zero-order chi connectivity index (χ0) is 23.3. The van der Waals surface area contributed by atoms with E-state index in [4.69, 9.17) is 11.0 Å². The summed E-state index contributed by atoms with van der Waals surface area (Å²) in [5.41, 5.74) is 8.41. The van der Waals surface area contributed by atoms with Crippen LogP contribution in [0.25, 0.3) is 49.2 Å². The summed E-state index contributed by atoms with van der Waals surface area (Å²) in [6.07, 6.45) is 2.05. The maximum absolute atomic E-state index is 8.15. The van der Waals surface area contributed by atoms with Crippen molar-refractivity contribution in [3.05, 3.63) is 95.5 Å². The van der Waals surface area contributed by atoms with Crippen molar-refractivity contribution in [2.24, 2.45) is 7.05 Å². The zero-order valence-corrected chi connectivity index (χ0v) is 19.7. The standard InChI is InChI=1S/C30H27N2O/c1-19-15-16-21-22-18-23(30(2,3)4)26(20-12-8-7-9-13-20)27(31-5)29(22)33-28(21)25(19)24-14-10-11-17-32(24)6/h7-18H,1-4,6H3/q+1. The molecule has 0 aliphatic carbocycles. The highest BCUT2D eigenvalue weighted by Gasteiger charge is 2.28. The number of pyridine rings is 1. The lowest BCUT2D eigenvalue weighted by Crippen LogP contribution is -2.30. The summed E-state index contributed by atoms with van der Waals surface area (Å²) in [5, 5.41) is 2.05. The van der Waals surface area contributed by atoms with Gasteiger partial charge in [0.15, 0.2) is 6.20 Å². The minimum Gasteiger partial charge on any atom is -0.466 e. The van der Waals surface area contributed by atoms with Crippen LogP contribution in [0.3, 0.4) is 0 Å². The Morgan fingerprint density at radius 1 is 0.848 bits per heavy atom. The Hall–Kier alpha value is -3.90. The molecule has 0 spiro atoms. The van der Waals surface area contributed by atoms with Gasteiger partial charge in [0.1, 0.15) is 18.2 Å². The molecule has 0 saturated heterocycles. The average Bonchev–Trinajstić information content (AvgIpc) is 3.17. The highest BCUT2D eigenvalue weighted by Crippen LogP contribution is 2.48. The van der Waals surface area contributed by atoms with Gasteiger partial charge < -0.3 is 4.42 Å². The average molecular weight is 432 g/mol. The van der Waals surface area contributed by atoms with Crippen molar-refractivity contribution in [3.8, 4) is 22.4 Å². The maximum atomic E-state index is 8.15. The van der Waals surface area contributed by atoms with Gasteiger partial charge in [0.2, 0.25) is 11.4 Å².